The molecule has 1 aliphatic heterocycles. The molecule has 5 heteroatoms. The van der Waals surface area contributed by atoms with Gasteiger partial charge in [-0.3, -0.25) is 15.6 Å². The van der Waals surface area contributed by atoms with Crippen molar-refractivity contribution in [3.05, 3.63) is 24.0 Å². The van der Waals surface area contributed by atoms with Crippen LogP contribution in [0.2, 0.25) is 0 Å². The molecule has 1 atom stereocenters. The summed E-state index contributed by atoms with van der Waals surface area (Å²) in [6.07, 6.45) is 7.58. The van der Waals surface area contributed by atoms with Gasteiger partial charge in [0.15, 0.2) is 0 Å². The Morgan fingerprint density at radius 1 is 1.61 bits per heavy atom. The Morgan fingerprint density at radius 2 is 2.44 bits per heavy atom. The predicted molar refractivity (Wildman–Crippen MR) is 71.0 cm³/mol. The monoisotopic (exact) mass is 248 g/mol. The molecule has 1 aliphatic rings. The highest BCUT2D eigenvalue weighted by atomic mass is 16.2. The largest absolute Gasteiger partial charge is 0.336 e. The first-order valence-electron chi connectivity index (χ1n) is 6.49. The lowest BCUT2D eigenvalue weighted by atomic mass is 9.99. The quantitative estimate of drug-likeness (QED) is 0.631. The molecule has 1 fully saturated rings. The minimum Gasteiger partial charge on any atom is -0.336 e. The number of hydrazine groups is 1. The minimum atomic E-state index is 0.0302. The predicted octanol–water partition coefficient (Wildman–Crippen LogP) is 1.77. The van der Waals surface area contributed by atoms with Crippen molar-refractivity contribution in [1.29, 1.82) is 0 Å². The first kappa shape index (κ1) is 12.8. The lowest BCUT2D eigenvalue weighted by molar-refractivity contribution is 0.0608. The van der Waals surface area contributed by atoms with Crippen molar-refractivity contribution >= 4 is 11.6 Å². The van der Waals surface area contributed by atoms with E-state index in [0.29, 0.717) is 17.3 Å². The van der Waals surface area contributed by atoms with Crippen LogP contribution in [0, 0.1) is 0 Å². The molecule has 3 N–H and O–H groups in total. The standard InChI is InChI=1S/C13H20N4O/c1-2-10-5-3-4-8-17(10)13(18)11-9-15-7-6-12(11)16-14/h6-7,9-10H,2-5,8,14H2,1H3,(H,15,16). The molecular formula is C13H20N4O. The van der Waals surface area contributed by atoms with Crippen LogP contribution in [0.5, 0.6) is 0 Å². The van der Waals surface area contributed by atoms with Crippen molar-refractivity contribution in [1.82, 2.24) is 9.88 Å². The summed E-state index contributed by atoms with van der Waals surface area (Å²) >= 11 is 0. The van der Waals surface area contributed by atoms with Crippen LogP contribution >= 0.6 is 0 Å². The van der Waals surface area contributed by atoms with E-state index in [9.17, 15) is 4.79 Å². The van der Waals surface area contributed by atoms with E-state index in [1.54, 1.807) is 18.5 Å². The van der Waals surface area contributed by atoms with Crippen LogP contribution in [0.15, 0.2) is 18.5 Å². The molecule has 1 amide bonds. The van der Waals surface area contributed by atoms with Crippen LogP contribution < -0.4 is 11.3 Å². The Kier molecular flexibility index (Phi) is 4.15. The van der Waals surface area contributed by atoms with E-state index in [1.807, 2.05) is 4.90 Å². The van der Waals surface area contributed by atoms with Crippen molar-refractivity contribution < 1.29 is 4.79 Å². The molecule has 0 radical (unpaired) electrons. The molecule has 18 heavy (non-hydrogen) atoms. The summed E-state index contributed by atoms with van der Waals surface area (Å²) in [5, 5.41) is 0. The lowest BCUT2D eigenvalue weighted by Gasteiger charge is -2.35. The van der Waals surface area contributed by atoms with Crippen molar-refractivity contribution in [3.8, 4) is 0 Å². The van der Waals surface area contributed by atoms with Crippen molar-refractivity contribution in [2.75, 3.05) is 12.0 Å². The average Bonchev–Trinajstić information content (AvgIpc) is 2.46. The van der Waals surface area contributed by atoms with Gasteiger partial charge in [0, 0.05) is 25.0 Å². The second-order valence-electron chi connectivity index (χ2n) is 4.62. The number of anilines is 1. The number of amides is 1. The Hall–Kier alpha value is -1.62. The topological polar surface area (TPSA) is 71.2 Å². The summed E-state index contributed by atoms with van der Waals surface area (Å²) in [5.74, 6) is 5.47. The summed E-state index contributed by atoms with van der Waals surface area (Å²) in [4.78, 5) is 18.5. The molecule has 0 aliphatic carbocycles. The molecule has 1 aromatic rings. The highest BCUT2D eigenvalue weighted by Crippen LogP contribution is 2.23. The fraction of sp³-hybridized carbons (Fsp3) is 0.538. The van der Waals surface area contributed by atoms with Gasteiger partial charge in [-0.05, 0) is 31.7 Å². The zero-order chi connectivity index (χ0) is 13.0. The third-order valence-electron chi connectivity index (χ3n) is 3.57. The molecule has 2 heterocycles. The van der Waals surface area contributed by atoms with E-state index in [-0.39, 0.29) is 5.91 Å². The Morgan fingerprint density at radius 3 is 3.17 bits per heavy atom. The molecule has 1 unspecified atom stereocenters. The van der Waals surface area contributed by atoms with E-state index >= 15 is 0 Å². The van der Waals surface area contributed by atoms with E-state index in [1.165, 1.54) is 6.42 Å². The Bertz CT molecular complexity index is 421. The number of rotatable bonds is 3. The van der Waals surface area contributed by atoms with Gasteiger partial charge in [-0.25, -0.2) is 0 Å². The Labute approximate surface area is 107 Å². The summed E-state index contributed by atoms with van der Waals surface area (Å²) in [7, 11) is 0. The van der Waals surface area contributed by atoms with Gasteiger partial charge in [-0.15, -0.1) is 0 Å². The maximum Gasteiger partial charge on any atom is 0.257 e. The number of likely N-dealkylation sites (tertiary alicyclic amines) is 1. The maximum absolute atomic E-state index is 12.5. The highest BCUT2D eigenvalue weighted by Gasteiger charge is 2.27. The molecule has 0 bridgehead atoms. The molecule has 0 spiro atoms. The maximum atomic E-state index is 12.5. The highest BCUT2D eigenvalue weighted by molar-refractivity contribution is 5.99. The van der Waals surface area contributed by atoms with Gasteiger partial charge in [0.2, 0.25) is 0 Å². The van der Waals surface area contributed by atoms with Crippen molar-refractivity contribution in [2.24, 2.45) is 5.84 Å². The molecule has 1 aromatic heterocycles. The smallest absolute Gasteiger partial charge is 0.257 e. The van der Waals surface area contributed by atoms with Crippen LogP contribution in [0.1, 0.15) is 43.0 Å². The van der Waals surface area contributed by atoms with Crippen molar-refractivity contribution in [3.63, 3.8) is 0 Å². The minimum absolute atomic E-state index is 0.0302. The number of nitrogens with zero attached hydrogens (tertiary/aromatic N) is 2. The number of nitrogen functional groups attached to an aromatic ring is 1. The summed E-state index contributed by atoms with van der Waals surface area (Å²) in [6, 6.07) is 2.06. The number of hydrogen-bond donors (Lipinski definition) is 2. The van der Waals surface area contributed by atoms with E-state index in [2.05, 4.69) is 17.3 Å². The SMILES string of the molecule is CCC1CCCCN1C(=O)c1cnccc1NN. The molecule has 98 valence electrons. The van der Waals surface area contributed by atoms with Crippen LogP contribution in [0.3, 0.4) is 0 Å². The second kappa shape index (κ2) is 5.82. The summed E-state index contributed by atoms with van der Waals surface area (Å²) < 4.78 is 0. The Balaban J connectivity index is 2.24. The van der Waals surface area contributed by atoms with Gasteiger partial charge in [0.25, 0.3) is 5.91 Å². The molecule has 2 rings (SSSR count). The van der Waals surface area contributed by atoms with E-state index < -0.39 is 0 Å². The molecule has 5 nitrogen and oxygen atoms in total. The van der Waals surface area contributed by atoms with Crippen LogP contribution in [0.25, 0.3) is 0 Å². The van der Waals surface area contributed by atoms with Gasteiger partial charge >= 0.3 is 0 Å². The van der Waals surface area contributed by atoms with Crippen LogP contribution in [-0.2, 0) is 0 Å². The molecule has 0 saturated carbocycles. The first-order valence-corrected chi connectivity index (χ1v) is 6.49. The fourth-order valence-corrected chi connectivity index (χ4v) is 2.54. The van der Waals surface area contributed by atoms with Gasteiger partial charge in [0.1, 0.15) is 0 Å². The van der Waals surface area contributed by atoms with Crippen LogP contribution in [0.4, 0.5) is 5.69 Å². The van der Waals surface area contributed by atoms with Crippen molar-refractivity contribution in [2.45, 2.75) is 38.6 Å². The third-order valence-corrected chi connectivity index (χ3v) is 3.57. The first-order chi connectivity index (χ1) is 8.77. The van der Waals surface area contributed by atoms with Gasteiger partial charge in [0.05, 0.1) is 11.3 Å². The number of pyridine rings is 1. The van der Waals surface area contributed by atoms with Gasteiger partial charge in [-0.1, -0.05) is 6.92 Å². The molecule has 0 aromatic carbocycles. The number of carbonyl (C=O) groups excluding carboxylic acids is 1. The molecule has 1 saturated heterocycles. The average molecular weight is 248 g/mol. The zero-order valence-corrected chi connectivity index (χ0v) is 10.7. The van der Waals surface area contributed by atoms with E-state index in [0.717, 1.165) is 25.8 Å². The summed E-state index contributed by atoms with van der Waals surface area (Å²) in [5.41, 5.74) is 3.75. The zero-order valence-electron chi connectivity index (χ0n) is 10.7. The number of nitrogens with one attached hydrogen (secondary N) is 1. The number of hydrogen-bond acceptors (Lipinski definition) is 4. The lowest BCUT2D eigenvalue weighted by Crippen LogP contribution is -2.43. The normalized spacial score (nSPS) is 19.7. The van der Waals surface area contributed by atoms with E-state index in [4.69, 9.17) is 5.84 Å². The van der Waals surface area contributed by atoms with Crippen LogP contribution in [-0.4, -0.2) is 28.4 Å². The van der Waals surface area contributed by atoms with Gasteiger partial charge in [-0.2, -0.15) is 0 Å². The summed E-state index contributed by atoms with van der Waals surface area (Å²) in [6.45, 7) is 2.96. The fourth-order valence-electron chi connectivity index (χ4n) is 2.54. The number of carbonyl (C=O) groups is 1. The number of nitrogens with two attached hydrogens (primary N) is 1. The number of piperidine rings is 1. The van der Waals surface area contributed by atoms with Gasteiger partial charge < -0.3 is 10.3 Å². The molecular weight excluding hydrogens is 228 g/mol. The second-order valence-corrected chi connectivity index (χ2v) is 4.62. The third kappa shape index (κ3) is 2.46. The number of aromatic nitrogens is 1.